The number of aromatic nitrogens is 4. The molecule has 3 aromatic heterocycles. The van der Waals surface area contributed by atoms with Crippen LogP contribution in [0.1, 0.15) is 27.6 Å². The number of nitrogens with one attached hydrogen (secondary N) is 2. The van der Waals surface area contributed by atoms with Gasteiger partial charge in [0.05, 0.1) is 17.6 Å². The molecule has 0 atom stereocenters. The van der Waals surface area contributed by atoms with Crippen LogP contribution in [-0.4, -0.2) is 38.6 Å². The van der Waals surface area contributed by atoms with Crippen molar-refractivity contribution >= 4 is 34.5 Å². The van der Waals surface area contributed by atoms with Gasteiger partial charge in [0.15, 0.2) is 11.5 Å². The average Bonchev–Trinajstić information content (AvgIpc) is 2.96. The number of rotatable bonds is 4. The summed E-state index contributed by atoms with van der Waals surface area (Å²) in [7, 11) is 0. The Morgan fingerprint density at radius 2 is 2.25 bits per heavy atom. The Morgan fingerprint density at radius 1 is 1.42 bits per heavy atom. The Hall–Kier alpha value is -3.49. The van der Waals surface area contributed by atoms with Crippen molar-refractivity contribution in [3.05, 3.63) is 41.7 Å². The summed E-state index contributed by atoms with van der Waals surface area (Å²) in [6.07, 6.45) is 3.00. The van der Waals surface area contributed by atoms with Crippen LogP contribution >= 0.6 is 0 Å². The molecule has 24 heavy (non-hydrogen) atoms. The van der Waals surface area contributed by atoms with E-state index in [1.54, 1.807) is 25.3 Å². The van der Waals surface area contributed by atoms with E-state index in [1.807, 2.05) is 0 Å². The number of ether oxygens (including phenoxy) is 1. The van der Waals surface area contributed by atoms with Crippen molar-refractivity contribution in [3.8, 4) is 0 Å². The minimum atomic E-state index is -0.588. The van der Waals surface area contributed by atoms with E-state index in [4.69, 9.17) is 10.5 Å². The first kappa shape index (κ1) is 15.4. The van der Waals surface area contributed by atoms with Crippen molar-refractivity contribution in [1.29, 1.82) is 0 Å². The maximum Gasteiger partial charge on any atom is 0.341 e. The summed E-state index contributed by atoms with van der Waals surface area (Å²) in [5.41, 5.74) is 6.60. The lowest BCUT2D eigenvalue weighted by Gasteiger charge is -2.05. The van der Waals surface area contributed by atoms with Gasteiger partial charge in [-0.05, 0) is 25.1 Å². The van der Waals surface area contributed by atoms with E-state index < -0.39 is 5.97 Å². The number of carbonyl (C=O) groups is 2. The number of H-pyrrole nitrogens is 1. The van der Waals surface area contributed by atoms with Crippen molar-refractivity contribution in [2.45, 2.75) is 6.92 Å². The molecule has 0 aliphatic heterocycles. The highest BCUT2D eigenvalue weighted by Gasteiger charge is 2.18. The summed E-state index contributed by atoms with van der Waals surface area (Å²) in [6.45, 7) is 1.91. The van der Waals surface area contributed by atoms with Crippen LogP contribution in [0.15, 0.2) is 30.6 Å². The number of nitrogen functional groups attached to an aromatic ring is 1. The van der Waals surface area contributed by atoms with Gasteiger partial charge in [0, 0.05) is 12.4 Å². The summed E-state index contributed by atoms with van der Waals surface area (Å²) in [6, 6.07) is 4.76. The fraction of sp³-hybridized carbons (Fsp3) is 0.133. The molecule has 122 valence electrons. The number of nitrogens with two attached hydrogens (primary N) is 1. The summed E-state index contributed by atoms with van der Waals surface area (Å²) < 4.78 is 4.94. The first-order valence-electron chi connectivity index (χ1n) is 7.13. The molecular formula is C15H14N6O3. The summed E-state index contributed by atoms with van der Waals surface area (Å²) >= 11 is 0. The van der Waals surface area contributed by atoms with Crippen molar-refractivity contribution in [1.82, 2.24) is 20.2 Å². The van der Waals surface area contributed by atoms with Crippen molar-refractivity contribution in [2.75, 3.05) is 17.7 Å². The zero-order valence-corrected chi connectivity index (χ0v) is 12.7. The number of hydrogen-bond donors (Lipinski definition) is 3. The molecule has 0 aliphatic rings. The fourth-order valence-electron chi connectivity index (χ4n) is 2.11. The number of fused-ring (bicyclic) bond motifs is 1. The van der Waals surface area contributed by atoms with Gasteiger partial charge < -0.3 is 15.8 Å². The summed E-state index contributed by atoms with van der Waals surface area (Å²) in [5.74, 6) is -0.715. The number of hydrogen-bond acceptors (Lipinski definition) is 7. The average molecular weight is 326 g/mol. The zero-order chi connectivity index (χ0) is 17.1. The Labute approximate surface area is 136 Å². The highest BCUT2D eigenvalue weighted by molar-refractivity contribution is 6.08. The van der Waals surface area contributed by atoms with E-state index in [1.165, 1.54) is 12.3 Å². The van der Waals surface area contributed by atoms with E-state index in [-0.39, 0.29) is 29.7 Å². The summed E-state index contributed by atoms with van der Waals surface area (Å²) in [4.78, 5) is 32.1. The lowest BCUT2D eigenvalue weighted by molar-refractivity contribution is 0.0527. The third kappa shape index (κ3) is 2.86. The normalized spacial score (nSPS) is 10.5. The minimum absolute atomic E-state index is 0.0229. The van der Waals surface area contributed by atoms with E-state index in [0.29, 0.717) is 16.6 Å². The largest absolute Gasteiger partial charge is 0.462 e. The molecule has 3 rings (SSSR count). The predicted molar refractivity (Wildman–Crippen MR) is 86.4 cm³/mol. The van der Waals surface area contributed by atoms with Crippen molar-refractivity contribution < 1.29 is 14.3 Å². The van der Waals surface area contributed by atoms with Gasteiger partial charge in [-0.2, -0.15) is 5.10 Å². The molecule has 9 nitrogen and oxygen atoms in total. The second-order valence-electron chi connectivity index (χ2n) is 4.81. The third-order valence-electron chi connectivity index (χ3n) is 3.23. The third-order valence-corrected chi connectivity index (χ3v) is 3.23. The maximum absolute atomic E-state index is 12.2. The van der Waals surface area contributed by atoms with E-state index in [0.717, 1.165) is 0 Å². The molecule has 4 N–H and O–H groups in total. The minimum Gasteiger partial charge on any atom is -0.462 e. The monoisotopic (exact) mass is 326 g/mol. The molecule has 3 aromatic rings. The topological polar surface area (TPSA) is 136 Å². The fourth-order valence-corrected chi connectivity index (χ4v) is 2.11. The number of pyridine rings is 2. The zero-order valence-electron chi connectivity index (χ0n) is 12.7. The van der Waals surface area contributed by atoms with Gasteiger partial charge in [-0.25, -0.2) is 9.78 Å². The molecule has 1 amide bonds. The number of anilines is 2. The highest BCUT2D eigenvalue weighted by atomic mass is 16.5. The van der Waals surface area contributed by atoms with Crippen molar-refractivity contribution in [3.63, 3.8) is 0 Å². The van der Waals surface area contributed by atoms with Gasteiger partial charge in [-0.3, -0.25) is 14.9 Å². The molecule has 0 saturated heterocycles. The second kappa shape index (κ2) is 6.32. The van der Waals surface area contributed by atoms with E-state index >= 15 is 0 Å². The molecule has 0 fully saturated rings. The molecule has 0 aliphatic carbocycles. The van der Waals surface area contributed by atoms with Crippen LogP contribution in [0.2, 0.25) is 0 Å². The molecule has 0 bridgehead atoms. The number of carbonyl (C=O) groups excluding carboxylic acids is 2. The Kier molecular flexibility index (Phi) is 4.06. The first-order chi connectivity index (χ1) is 11.6. The number of esters is 1. The lowest BCUT2D eigenvalue weighted by Crippen LogP contribution is -2.13. The Bertz CT molecular complexity index is 906. The van der Waals surface area contributed by atoms with Gasteiger partial charge in [0.1, 0.15) is 11.4 Å². The number of amides is 1. The molecule has 0 radical (unpaired) electrons. The van der Waals surface area contributed by atoms with Crippen LogP contribution < -0.4 is 11.1 Å². The van der Waals surface area contributed by atoms with Gasteiger partial charge >= 0.3 is 5.97 Å². The van der Waals surface area contributed by atoms with Crippen LogP contribution in [0.5, 0.6) is 0 Å². The highest BCUT2D eigenvalue weighted by Crippen LogP contribution is 2.24. The molecule has 3 heterocycles. The Balaban J connectivity index is 1.96. The maximum atomic E-state index is 12.2. The predicted octanol–water partition coefficient (Wildman–Crippen LogP) is 1.36. The van der Waals surface area contributed by atoms with Crippen LogP contribution in [0.25, 0.3) is 11.0 Å². The summed E-state index contributed by atoms with van der Waals surface area (Å²) in [5, 5.41) is 9.75. The van der Waals surface area contributed by atoms with Gasteiger partial charge in [0.25, 0.3) is 5.91 Å². The van der Waals surface area contributed by atoms with Gasteiger partial charge in [0.2, 0.25) is 0 Å². The molecule has 0 spiro atoms. The van der Waals surface area contributed by atoms with Crippen LogP contribution in [0, 0.1) is 0 Å². The van der Waals surface area contributed by atoms with Crippen molar-refractivity contribution in [2.24, 2.45) is 0 Å². The van der Waals surface area contributed by atoms with Gasteiger partial charge in [-0.15, -0.1) is 0 Å². The number of aromatic amines is 1. The number of nitrogens with zero attached hydrogens (tertiary/aromatic N) is 3. The smallest absolute Gasteiger partial charge is 0.341 e. The van der Waals surface area contributed by atoms with Gasteiger partial charge in [-0.1, -0.05) is 0 Å². The van der Waals surface area contributed by atoms with Crippen LogP contribution in [0.4, 0.5) is 11.6 Å². The molecule has 9 heteroatoms. The molecule has 0 unspecified atom stereocenters. The lowest BCUT2D eigenvalue weighted by atomic mass is 10.2. The quantitative estimate of drug-likeness (QED) is 0.616. The standard InChI is InChI=1S/C15H14N6O3/c1-2-24-15(23)9-6-10-12(18-11(9)16)20-21-13(10)19-14(22)8-4-3-5-17-7-8/h3-7H,2H2,1H3,(H4,16,18,19,20,21,22). The van der Waals surface area contributed by atoms with E-state index in [2.05, 4.69) is 25.5 Å². The first-order valence-corrected chi connectivity index (χ1v) is 7.13. The Morgan fingerprint density at radius 3 is 2.96 bits per heavy atom. The SMILES string of the molecule is CCOC(=O)c1cc2c(NC(=O)c3cccnc3)n[nH]c2nc1N. The van der Waals surface area contributed by atoms with E-state index in [9.17, 15) is 9.59 Å². The second-order valence-corrected chi connectivity index (χ2v) is 4.81. The van der Waals surface area contributed by atoms with Crippen LogP contribution in [-0.2, 0) is 4.74 Å². The van der Waals surface area contributed by atoms with Crippen LogP contribution in [0.3, 0.4) is 0 Å². The molecule has 0 saturated carbocycles. The molecule has 0 aromatic carbocycles. The molecular weight excluding hydrogens is 312 g/mol.